The second-order valence-corrected chi connectivity index (χ2v) is 5.45. The van der Waals surface area contributed by atoms with Crippen molar-refractivity contribution in [3.8, 4) is 0 Å². The van der Waals surface area contributed by atoms with Crippen LogP contribution in [0, 0.1) is 12.8 Å². The molecule has 2 rings (SSSR count). The van der Waals surface area contributed by atoms with Crippen LogP contribution in [0.15, 0.2) is 18.2 Å². The molecular weight excluding hydrogens is 222 g/mol. The van der Waals surface area contributed by atoms with Crippen LogP contribution in [0.25, 0.3) is 0 Å². The van der Waals surface area contributed by atoms with Gasteiger partial charge in [-0.3, -0.25) is 9.88 Å². The minimum absolute atomic E-state index is 0.407. The zero-order valence-electron chi connectivity index (χ0n) is 11.6. The van der Waals surface area contributed by atoms with Gasteiger partial charge in [-0.1, -0.05) is 19.4 Å². The van der Waals surface area contributed by atoms with Gasteiger partial charge in [-0.25, -0.2) is 0 Å². The summed E-state index contributed by atoms with van der Waals surface area (Å²) >= 11 is 0. The van der Waals surface area contributed by atoms with Crippen molar-refractivity contribution in [1.29, 1.82) is 0 Å². The quantitative estimate of drug-likeness (QED) is 0.868. The minimum atomic E-state index is 0.407. The maximum atomic E-state index is 6.16. The molecule has 1 saturated carbocycles. The number of pyridine rings is 1. The lowest BCUT2D eigenvalue weighted by Crippen LogP contribution is -2.36. The molecule has 0 aliphatic heterocycles. The molecule has 1 aliphatic carbocycles. The van der Waals surface area contributed by atoms with Gasteiger partial charge in [-0.15, -0.1) is 0 Å². The Morgan fingerprint density at radius 2 is 2.22 bits per heavy atom. The van der Waals surface area contributed by atoms with Gasteiger partial charge in [0.15, 0.2) is 0 Å². The first-order valence-corrected chi connectivity index (χ1v) is 7.09. The van der Waals surface area contributed by atoms with E-state index in [1.165, 1.54) is 25.0 Å². The van der Waals surface area contributed by atoms with Crippen LogP contribution in [0.1, 0.15) is 37.6 Å². The van der Waals surface area contributed by atoms with Gasteiger partial charge in [0.2, 0.25) is 0 Å². The van der Waals surface area contributed by atoms with E-state index in [0.29, 0.717) is 12.0 Å². The third kappa shape index (κ3) is 3.53. The average molecular weight is 247 g/mol. The van der Waals surface area contributed by atoms with Crippen molar-refractivity contribution < 1.29 is 0 Å². The summed E-state index contributed by atoms with van der Waals surface area (Å²) in [6.07, 6.45) is 3.79. The number of hydrogen-bond acceptors (Lipinski definition) is 3. The second-order valence-electron chi connectivity index (χ2n) is 5.45. The summed E-state index contributed by atoms with van der Waals surface area (Å²) < 4.78 is 0. The van der Waals surface area contributed by atoms with Crippen molar-refractivity contribution in [3.63, 3.8) is 0 Å². The highest BCUT2D eigenvalue weighted by molar-refractivity contribution is 5.09. The topological polar surface area (TPSA) is 42.2 Å². The fraction of sp³-hybridized carbons (Fsp3) is 0.667. The van der Waals surface area contributed by atoms with E-state index in [0.717, 1.165) is 25.3 Å². The lowest BCUT2D eigenvalue weighted by Gasteiger charge is -2.26. The molecule has 1 aromatic heterocycles. The minimum Gasteiger partial charge on any atom is -0.327 e. The predicted molar refractivity (Wildman–Crippen MR) is 75.2 cm³/mol. The van der Waals surface area contributed by atoms with Gasteiger partial charge < -0.3 is 5.73 Å². The molecule has 0 amide bonds. The summed E-state index contributed by atoms with van der Waals surface area (Å²) in [6, 6.07) is 6.66. The summed E-state index contributed by atoms with van der Waals surface area (Å²) in [5.74, 6) is 0.676. The van der Waals surface area contributed by atoms with Crippen LogP contribution in [0.3, 0.4) is 0 Å². The summed E-state index contributed by atoms with van der Waals surface area (Å²) in [6.45, 7) is 7.40. The van der Waals surface area contributed by atoms with Crippen LogP contribution in [-0.4, -0.2) is 29.0 Å². The first-order valence-electron chi connectivity index (χ1n) is 7.09. The number of nitrogens with two attached hydrogens (primary N) is 1. The van der Waals surface area contributed by atoms with Crippen molar-refractivity contribution in [2.75, 3.05) is 13.1 Å². The molecule has 1 heterocycles. The highest BCUT2D eigenvalue weighted by atomic mass is 15.1. The molecule has 1 fully saturated rings. The van der Waals surface area contributed by atoms with Crippen LogP contribution >= 0.6 is 0 Å². The molecule has 1 aromatic rings. The maximum Gasteiger partial charge on any atom is 0.0547 e. The number of hydrogen-bond donors (Lipinski definition) is 1. The molecular formula is C15H25N3. The van der Waals surface area contributed by atoms with Gasteiger partial charge in [0.1, 0.15) is 0 Å². The van der Waals surface area contributed by atoms with E-state index in [4.69, 9.17) is 5.73 Å². The van der Waals surface area contributed by atoms with Crippen LogP contribution in [0.5, 0.6) is 0 Å². The molecule has 0 saturated heterocycles. The van der Waals surface area contributed by atoms with Crippen LogP contribution < -0.4 is 5.73 Å². The normalized spacial score (nSPS) is 23.8. The average Bonchev–Trinajstić information content (AvgIpc) is 2.74. The molecule has 18 heavy (non-hydrogen) atoms. The summed E-state index contributed by atoms with van der Waals surface area (Å²) in [7, 11) is 0. The van der Waals surface area contributed by atoms with Gasteiger partial charge in [0.25, 0.3) is 0 Å². The SMILES string of the molecule is CCN(Cc1cccc(C)n1)CC1CCCC1N. The molecule has 2 N–H and O–H groups in total. The first-order chi connectivity index (χ1) is 8.69. The third-order valence-corrected chi connectivity index (χ3v) is 3.99. The fourth-order valence-corrected chi connectivity index (χ4v) is 2.85. The van der Waals surface area contributed by atoms with Gasteiger partial charge in [-0.2, -0.15) is 0 Å². The summed E-state index contributed by atoms with van der Waals surface area (Å²) in [4.78, 5) is 7.05. The number of aryl methyl sites for hydroxylation is 1. The van der Waals surface area contributed by atoms with Gasteiger partial charge in [-0.05, 0) is 44.4 Å². The highest BCUT2D eigenvalue weighted by Crippen LogP contribution is 2.25. The Bertz CT molecular complexity index is 378. The highest BCUT2D eigenvalue weighted by Gasteiger charge is 2.25. The summed E-state index contributed by atoms with van der Waals surface area (Å²) in [5.41, 5.74) is 8.43. The van der Waals surface area contributed by atoms with E-state index in [1.54, 1.807) is 0 Å². The zero-order chi connectivity index (χ0) is 13.0. The molecule has 0 bridgehead atoms. The Morgan fingerprint density at radius 1 is 1.39 bits per heavy atom. The molecule has 3 heteroatoms. The van der Waals surface area contributed by atoms with Gasteiger partial charge in [0, 0.05) is 24.8 Å². The Hall–Kier alpha value is -0.930. The molecule has 2 atom stereocenters. The number of rotatable bonds is 5. The Balaban J connectivity index is 1.92. The molecule has 0 aromatic carbocycles. The lowest BCUT2D eigenvalue weighted by molar-refractivity contribution is 0.223. The monoisotopic (exact) mass is 247 g/mol. The van der Waals surface area contributed by atoms with Crippen molar-refractivity contribution in [2.24, 2.45) is 11.7 Å². The van der Waals surface area contributed by atoms with Crippen LogP contribution in [-0.2, 0) is 6.54 Å². The van der Waals surface area contributed by atoms with E-state index in [9.17, 15) is 0 Å². The fourth-order valence-electron chi connectivity index (χ4n) is 2.85. The summed E-state index contributed by atoms with van der Waals surface area (Å²) in [5, 5.41) is 0. The van der Waals surface area contributed by atoms with E-state index in [-0.39, 0.29) is 0 Å². The molecule has 1 aliphatic rings. The van der Waals surface area contributed by atoms with Crippen molar-refractivity contribution in [2.45, 2.75) is 45.7 Å². The van der Waals surface area contributed by atoms with Crippen LogP contribution in [0.2, 0.25) is 0 Å². The molecule has 2 unspecified atom stereocenters. The van der Waals surface area contributed by atoms with E-state index in [1.807, 2.05) is 13.0 Å². The maximum absolute atomic E-state index is 6.16. The van der Waals surface area contributed by atoms with Crippen molar-refractivity contribution >= 4 is 0 Å². The standard InChI is InChI=1S/C15H25N3/c1-3-18(10-13-7-5-9-15(13)16)11-14-8-4-6-12(2)17-14/h4,6,8,13,15H,3,5,7,9-11,16H2,1-2H3. The van der Waals surface area contributed by atoms with E-state index in [2.05, 4.69) is 28.9 Å². The Kier molecular flexibility index (Phi) is 4.72. The lowest BCUT2D eigenvalue weighted by atomic mass is 10.0. The van der Waals surface area contributed by atoms with Gasteiger partial charge >= 0.3 is 0 Å². The molecule has 100 valence electrons. The zero-order valence-corrected chi connectivity index (χ0v) is 11.6. The van der Waals surface area contributed by atoms with Gasteiger partial charge in [0.05, 0.1) is 5.69 Å². The van der Waals surface area contributed by atoms with E-state index >= 15 is 0 Å². The van der Waals surface area contributed by atoms with Crippen molar-refractivity contribution in [1.82, 2.24) is 9.88 Å². The van der Waals surface area contributed by atoms with Crippen LogP contribution in [0.4, 0.5) is 0 Å². The molecule has 0 radical (unpaired) electrons. The largest absolute Gasteiger partial charge is 0.327 e. The van der Waals surface area contributed by atoms with E-state index < -0.39 is 0 Å². The molecule has 3 nitrogen and oxygen atoms in total. The number of nitrogens with zero attached hydrogens (tertiary/aromatic N) is 2. The number of aromatic nitrogens is 1. The molecule has 0 spiro atoms. The first kappa shape index (κ1) is 13.5. The predicted octanol–water partition coefficient (Wildman–Crippen LogP) is 2.34. The Labute approximate surface area is 110 Å². The second kappa shape index (κ2) is 6.30. The Morgan fingerprint density at radius 3 is 2.83 bits per heavy atom. The third-order valence-electron chi connectivity index (χ3n) is 3.99. The smallest absolute Gasteiger partial charge is 0.0547 e. The van der Waals surface area contributed by atoms with Crippen molar-refractivity contribution in [3.05, 3.63) is 29.6 Å².